The lowest BCUT2D eigenvalue weighted by molar-refractivity contribution is 0.102. The van der Waals surface area contributed by atoms with Crippen LogP contribution in [0.3, 0.4) is 0 Å². The largest absolute Gasteiger partial charge is 0.461 e. The fourth-order valence-corrected chi connectivity index (χ4v) is 3.58. The van der Waals surface area contributed by atoms with E-state index in [-0.39, 0.29) is 4.90 Å². The van der Waals surface area contributed by atoms with E-state index in [1.165, 1.54) is 12.1 Å². The van der Waals surface area contributed by atoms with Gasteiger partial charge in [0.05, 0.1) is 10.3 Å². The highest BCUT2D eigenvalue weighted by atomic mass is 32.2. The molecule has 0 atom stereocenters. The molecule has 154 valence electrons. The van der Waals surface area contributed by atoms with E-state index < -0.39 is 15.7 Å². The van der Waals surface area contributed by atoms with E-state index in [1.54, 1.807) is 50.2 Å². The Labute approximate surface area is 172 Å². The monoisotopic (exact) mass is 426 g/mol. The van der Waals surface area contributed by atoms with Gasteiger partial charge in [0.1, 0.15) is 28.6 Å². The molecule has 0 unspecified atom stereocenters. The Morgan fingerprint density at radius 2 is 1.77 bits per heavy atom. The molecular weight excluding hydrogens is 408 g/mol. The van der Waals surface area contributed by atoms with E-state index in [1.807, 2.05) is 0 Å². The molecule has 0 bridgehead atoms. The maximum Gasteiger partial charge on any atom is 0.257 e. The normalized spacial score (nSPS) is 11.6. The number of carbonyl (C=O) groups is 1. The Kier molecular flexibility index (Phi) is 4.83. The number of furan rings is 1. The highest BCUT2D eigenvalue weighted by molar-refractivity contribution is 7.90. The number of amides is 1. The van der Waals surface area contributed by atoms with Gasteiger partial charge in [-0.25, -0.2) is 8.42 Å². The van der Waals surface area contributed by atoms with Crippen LogP contribution in [0.15, 0.2) is 62.4 Å². The van der Waals surface area contributed by atoms with Gasteiger partial charge in [0.2, 0.25) is 0 Å². The molecule has 0 aliphatic carbocycles. The average molecular weight is 426 g/mol. The van der Waals surface area contributed by atoms with E-state index in [2.05, 4.69) is 10.5 Å². The number of carbonyl (C=O) groups excluding carboxylic acids is 1. The van der Waals surface area contributed by atoms with Gasteiger partial charge in [0.25, 0.3) is 5.91 Å². The van der Waals surface area contributed by atoms with E-state index in [0.29, 0.717) is 45.4 Å². The molecule has 0 saturated heterocycles. The van der Waals surface area contributed by atoms with E-state index in [4.69, 9.17) is 13.7 Å². The zero-order valence-electron chi connectivity index (χ0n) is 16.4. The van der Waals surface area contributed by atoms with Crippen LogP contribution < -0.4 is 10.1 Å². The fourth-order valence-electron chi connectivity index (χ4n) is 2.95. The number of ether oxygens (including phenoxy) is 1. The first-order chi connectivity index (χ1) is 14.2. The molecule has 2 heterocycles. The number of sulfone groups is 1. The maximum absolute atomic E-state index is 12.7. The van der Waals surface area contributed by atoms with E-state index >= 15 is 0 Å². The quantitative estimate of drug-likeness (QED) is 0.500. The van der Waals surface area contributed by atoms with Gasteiger partial charge in [-0.2, -0.15) is 0 Å². The molecular formula is C21H18N2O6S. The molecule has 0 aliphatic heterocycles. The maximum atomic E-state index is 12.7. The lowest BCUT2D eigenvalue weighted by Crippen LogP contribution is -2.12. The smallest absolute Gasteiger partial charge is 0.257 e. The van der Waals surface area contributed by atoms with Gasteiger partial charge in [-0.1, -0.05) is 5.16 Å². The standard InChI is InChI=1S/C21H18N2O6S/c1-12-8-17-18(27-12)10-14(21(24)22-20-9-13(2)29-23-20)11-19(17)28-15-4-6-16(7-5-15)30(3,25)26/h4-11H,1-3H3,(H,22,23,24). The van der Waals surface area contributed by atoms with Crippen LogP contribution in [-0.4, -0.2) is 25.7 Å². The Hall–Kier alpha value is -3.59. The lowest BCUT2D eigenvalue weighted by Gasteiger charge is -2.09. The van der Waals surface area contributed by atoms with Crippen molar-refractivity contribution in [3.8, 4) is 11.5 Å². The Morgan fingerprint density at radius 1 is 1.03 bits per heavy atom. The third kappa shape index (κ3) is 4.06. The summed E-state index contributed by atoms with van der Waals surface area (Å²) in [4.78, 5) is 12.9. The highest BCUT2D eigenvalue weighted by Crippen LogP contribution is 2.34. The molecule has 0 saturated carbocycles. The molecule has 0 aliphatic rings. The number of fused-ring (bicyclic) bond motifs is 1. The summed E-state index contributed by atoms with van der Waals surface area (Å²) in [6.07, 6.45) is 1.14. The number of rotatable bonds is 5. The summed E-state index contributed by atoms with van der Waals surface area (Å²) in [6.45, 7) is 3.52. The number of benzene rings is 2. The van der Waals surface area contributed by atoms with Gasteiger partial charge in [-0.3, -0.25) is 4.79 Å². The van der Waals surface area contributed by atoms with E-state index in [9.17, 15) is 13.2 Å². The first-order valence-corrected chi connectivity index (χ1v) is 10.8. The second kappa shape index (κ2) is 7.34. The van der Waals surface area contributed by atoms with Crippen LogP contribution in [0.25, 0.3) is 11.0 Å². The second-order valence-corrected chi connectivity index (χ2v) is 8.88. The fraction of sp³-hybridized carbons (Fsp3) is 0.143. The number of hydrogen-bond acceptors (Lipinski definition) is 7. The minimum atomic E-state index is -3.31. The molecule has 0 spiro atoms. The second-order valence-electron chi connectivity index (χ2n) is 6.87. The zero-order chi connectivity index (χ0) is 21.5. The molecule has 2 aromatic heterocycles. The zero-order valence-corrected chi connectivity index (χ0v) is 17.2. The van der Waals surface area contributed by atoms with Crippen LogP contribution in [-0.2, 0) is 9.84 Å². The van der Waals surface area contributed by atoms with Crippen LogP contribution in [0.5, 0.6) is 11.5 Å². The number of hydrogen-bond donors (Lipinski definition) is 1. The summed E-state index contributed by atoms with van der Waals surface area (Å²) >= 11 is 0. The number of aryl methyl sites for hydroxylation is 2. The summed E-state index contributed by atoms with van der Waals surface area (Å²) in [5, 5.41) is 7.10. The third-order valence-corrected chi connectivity index (χ3v) is 5.46. The van der Waals surface area contributed by atoms with Crippen molar-refractivity contribution in [2.24, 2.45) is 0 Å². The van der Waals surface area contributed by atoms with Gasteiger partial charge in [-0.15, -0.1) is 0 Å². The topological polar surface area (TPSA) is 112 Å². The minimum Gasteiger partial charge on any atom is -0.461 e. The van der Waals surface area contributed by atoms with Crippen LogP contribution in [0.4, 0.5) is 5.82 Å². The molecule has 4 aromatic rings. The summed E-state index contributed by atoms with van der Waals surface area (Å²) < 4.78 is 39.9. The predicted octanol–water partition coefficient (Wildman–Crippen LogP) is 4.49. The molecule has 0 radical (unpaired) electrons. The molecule has 30 heavy (non-hydrogen) atoms. The first kappa shape index (κ1) is 19.7. The van der Waals surface area contributed by atoms with Gasteiger partial charge >= 0.3 is 0 Å². The summed E-state index contributed by atoms with van der Waals surface area (Å²) in [7, 11) is -3.31. The SMILES string of the molecule is Cc1cc(NC(=O)c2cc(Oc3ccc(S(C)(=O)=O)cc3)c3cc(C)oc3c2)no1. The molecule has 2 aromatic carbocycles. The predicted molar refractivity (Wildman–Crippen MR) is 110 cm³/mol. The Balaban J connectivity index is 1.68. The Bertz CT molecular complexity index is 1350. The average Bonchev–Trinajstić information content (AvgIpc) is 3.25. The van der Waals surface area contributed by atoms with Crippen molar-refractivity contribution in [2.75, 3.05) is 11.6 Å². The van der Waals surface area contributed by atoms with Gasteiger partial charge in [-0.05, 0) is 56.3 Å². The molecule has 4 rings (SSSR count). The molecule has 0 fully saturated rings. The Morgan fingerprint density at radius 3 is 2.40 bits per heavy atom. The van der Waals surface area contributed by atoms with Crippen LogP contribution in [0.2, 0.25) is 0 Å². The molecule has 1 amide bonds. The van der Waals surface area contributed by atoms with Crippen molar-refractivity contribution in [1.82, 2.24) is 5.16 Å². The van der Waals surface area contributed by atoms with E-state index in [0.717, 1.165) is 6.26 Å². The number of nitrogens with one attached hydrogen (secondary N) is 1. The van der Waals surface area contributed by atoms with Gasteiger partial charge < -0.3 is 19.0 Å². The van der Waals surface area contributed by atoms with Crippen molar-refractivity contribution in [3.63, 3.8) is 0 Å². The third-order valence-electron chi connectivity index (χ3n) is 4.33. The van der Waals surface area contributed by atoms with Crippen LogP contribution >= 0.6 is 0 Å². The van der Waals surface area contributed by atoms with Crippen LogP contribution in [0, 0.1) is 13.8 Å². The summed E-state index contributed by atoms with van der Waals surface area (Å²) in [5.41, 5.74) is 0.791. The summed E-state index contributed by atoms with van der Waals surface area (Å²) in [6, 6.07) is 12.7. The minimum absolute atomic E-state index is 0.190. The number of aromatic nitrogens is 1. The van der Waals surface area contributed by atoms with Gasteiger partial charge in [0, 0.05) is 17.9 Å². The molecule has 9 heteroatoms. The number of nitrogens with zero attached hydrogens (tertiary/aromatic N) is 1. The highest BCUT2D eigenvalue weighted by Gasteiger charge is 2.16. The number of anilines is 1. The van der Waals surface area contributed by atoms with Crippen molar-refractivity contribution >= 4 is 32.5 Å². The van der Waals surface area contributed by atoms with Crippen molar-refractivity contribution in [2.45, 2.75) is 18.7 Å². The van der Waals surface area contributed by atoms with Gasteiger partial charge in [0.15, 0.2) is 15.7 Å². The van der Waals surface area contributed by atoms with Crippen LogP contribution in [0.1, 0.15) is 21.9 Å². The van der Waals surface area contributed by atoms with Crippen molar-refractivity contribution < 1.29 is 26.9 Å². The summed E-state index contributed by atoms with van der Waals surface area (Å²) in [5.74, 6) is 1.95. The van der Waals surface area contributed by atoms with Crippen molar-refractivity contribution in [1.29, 1.82) is 0 Å². The van der Waals surface area contributed by atoms with Crippen molar-refractivity contribution in [3.05, 3.63) is 65.6 Å². The lowest BCUT2D eigenvalue weighted by atomic mass is 10.1. The first-order valence-electron chi connectivity index (χ1n) is 8.96. The molecule has 8 nitrogen and oxygen atoms in total. The molecule has 1 N–H and O–H groups in total.